The van der Waals surface area contributed by atoms with Gasteiger partial charge >= 0.3 is 0 Å². The number of likely N-dealkylation sites (N-methyl/N-ethyl adjacent to an activating group) is 1. The van der Waals surface area contributed by atoms with E-state index in [-0.39, 0.29) is 6.04 Å². The summed E-state index contributed by atoms with van der Waals surface area (Å²) in [6.07, 6.45) is 2.13. The molecule has 2 N–H and O–H groups in total. The Labute approximate surface area is 104 Å². The summed E-state index contributed by atoms with van der Waals surface area (Å²) in [4.78, 5) is 2.29. The highest BCUT2D eigenvalue weighted by Gasteiger charge is 2.12. The Hall–Kier alpha value is -1.06. The average Bonchev–Trinajstić information content (AvgIpc) is 2.72. The maximum atomic E-state index is 5.78. The maximum absolute atomic E-state index is 5.78. The minimum atomic E-state index is 0.244. The third-order valence-electron chi connectivity index (χ3n) is 3.14. The van der Waals surface area contributed by atoms with Crippen molar-refractivity contribution in [1.82, 2.24) is 4.90 Å². The summed E-state index contributed by atoms with van der Waals surface area (Å²) >= 11 is 0. The molecule has 3 heteroatoms. The predicted octanol–water partition coefficient (Wildman–Crippen LogP) is 1.44. The fourth-order valence-electron chi connectivity index (χ4n) is 2.30. The van der Waals surface area contributed by atoms with Crippen molar-refractivity contribution in [2.45, 2.75) is 25.8 Å². The Morgan fingerprint density at radius 3 is 3.06 bits per heavy atom. The lowest BCUT2D eigenvalue weighted by Gasteiger charge is -2.18. The number of ether oxygens (including phenoxy) is 1. The molecule has 0 saturated heterocycles. The summed E-state index contributed by atoms with van der Waals surface area (Å²) < 4.78 is 5.50. The zero-order valence-electron chi connectivity index (χ0n) is 10.8. The van der Waals surface area contributed by atoms with Crippen LogP contribution in [0, 0.1) is 0 Å². The van der Waals surface area contributed by atoms with E-state index in [9.17, 15) is 0 Å². The second kappa shape index (κ2) is 5.52. The molecule has 0 amide bonds. The summed E-state index contributed by atoms with van der Waals surface area (Å²) in [5, 5.41) is 0. The van der Waals surface area contributed by atoms with Gasteiger partial charge in [0, 0.05) is 25.6 Å². The van der Waals surface area contributed by atoms with Gasteiger partial charge in [0.15, 0.2) is 0 Å². The van der Waals surface area contributed by atoms with E-state index in [1.807, 2.05) is 6.92 Å². The monoisotopic (exact) mass is 234 g/mol. The third-order valence-corrected chi connectivity index (χ3v) is 3.14. The van der Waals surface area contributed by atoms with Gasteiger partial charge in [0.25, 0.3) is 0 Å². The number of nitrogens with zero attached hydrogens (tertiary/aromatic N) is 1. The van der Waals surface area contributed by atoms with E-state index in [4.69, 9.17) is 10.5 Å². The predicted molar refractivity (Wildman–Crippen MR) is 70.5 cm³/mol. The molecule has 17 heavy (non-hydrogen) atoms. The highest BCUT2D eigenvalue weighted by molar-refractivity contribution is 5.39. The smallest absolute Gasteiger partial charge is 0.122 e. The molecule has 0 aromatic heterocycles. The van der Waals surface area contributed by atoms with Gasteiger partial charge in [-0.05, 0) is 37.6 Å². The number of nitrogens with two attached hydrogens (primary N) is 1. The molecule has 94 valence electrons. The number of hydrogen-bond donors (Lipinski definition) is 1. The van der Waals surface area contributed by atoms with Gasteiger partial charge in [-0.1, -0.05) is 12.1 Å². The molecule has 1 unspecified atom stereocenters. The van der Waals surface area contributed by atoms with Crippen molar-refractivity contribution in [3.05, 3.63) is 29.3 Å². The number of rotatable bonds is 5. The van der Waals surface area contributed by atoms with Crippen LogP contribution in [0.3, 0.4) is 0 Å². The minimum absolute atomic E-state index is 0.244. The van der Waals surface area contributed by atoms with Crippen molar-refractivity contribution in [1.29, 1.82) is 0 Å². The zero-order chi connectivity index (χ0) is 12.3. The Balaban J connectivity index is 1.87. The van der Waals surface area contributed by atoms with E-state index in [1.54, 1.807) is 0 Å². The van der Waals surface area contributed by atoms with Crippen molar-refractivity contribution in [2.75, 3.05) is 26.7 Å². The minimum Gasteiger partial charge on any atom is -0.493 e. The summed E-state index contributed by atoms with van der Waals surface area (Å²) in [6, 6.07) is 6.79. The fourth-order valence-corrected chi connectivity index (χ4v) is 2.30. The van der Waals surface area contributed by atoms with Crippen LogP contribution in [-0.4, -0.2) is 37.7 Å². The molecule has 3 nitrogen and oxygen atoms in total. The number of benzene rings is 1. The van der Waals surface area contributed by atoms with Crippen LogP contribution < -0.4 is 10.5 Å². The largest absolute Gasteiger partial charge is 0.493 e. The van der Waals surface area contributed by atoms with Gasteiger partial charge in [-0.3, -0.25) is 0 Å². The zero-order valence-corrected chi connectivity index (χ0v) is 10.8. The topological polar surface area (TPSA) is 38.5 Å². The Kier molecular flexibility index (Phi) is 4.02. The molecule has 2 rings (SSSR count). The summed E-state index contributed by atoms with van der Waals surface area (Å²) in [5.74, 6) is 1.07. The van der Waals surface area contributed by atoms with E-state index in [0.29, 0.717) is 0 Å². The van der Waals surface area contributed by atoms with E-state index in [2.05, 4.69) is 30.1 Å². The molecule has 0 spiro atoms. The van der Waals surface area contributed by atoms with Gasteiger partial charge < -0.3 is 15.4 Å². The first kappa shape index (κ1) is 12.4. The summed E-state index contributed by atoms with van der Waals surface area (Å²) in [5.41, 5.74) is 8.53. The van der Waals surface area contributed by atoms with Crippen LogP contribution in [-0.2, 0) is 12.8 Å². The fraction of sp³-hybridized carbons (Fsp3) is 0.571. The van der Waals surface area contributed by atoms with Gasteiger partial charge in [0.1, 0.15) is 5.75 Å². The molecular weight excluding hydrogens is 212 g/mol. The summed E-state index contributed by atoms with van der Waals surface area (Å²) in [7, 11) is 2.12. The lowest BCUT2D eigenvalue weighted by atomic mass is 10.1. The van der Waals surface area contributed by atoms with Crippen LogP contribution in [0.15, 0.2) is 18.2 Å². The van der Waals surface area contributed by atoms with E-state index in [0.717, 1.165) is 38.3 Å². The summed E-state index contributed by atoms with van der Waals surface area (Å²) in [6.45, 7) is 4.89. The Morgan fingerprint density at radius 2 is 2.29 bits per heavy atom. The molecule has 1 aromatic rings. The lowest BCUT2D eigenvalue weighted by Crippen LogP contribution is -2.34. The number of hydrogen-bond acceptors (Lipinski definition) is 3. The average molecular weight is 234 g/mol. The highest BCUT2D eigenvalue weighted by Crippen LogP contribution is 2.25. The maximum Gasteiger partial charge on any atom is 0.122 e. The van der Waals surface area contributed by atoms with E-state index in [1.165, 1.54) is 11.1 Å². The van der Waals surface area contributed by atoms with Crippen LogP contribution in [0.1, 0.15) is 18.1 Å². The molecule has 0 radical (unpaired) electrons. The molecule has 1 aromatic carbocycles. The van der Waals surface area contributed by atoms with E-state index >= 15 is 0 Å². The van der Waals surface area contributed by atoms with Gasteiger partial charge in [0.05, 0.1) is 6.61 Å². The van der Waals surface area contributed by atoms with Crippen LogP contribution in [0.4, 0.5) is 0 Å². The van der Waals surface area contributed by atoms with Gasteiger partial charge in [-0.25, -0.2) is 0 Å². The van der Waals surface area contributed by atoms with Gasteiger partial charge in [0.2, 0.25) is 0 Å². The second-order valence-electron chi connectivity index (χ2n) is 5.03. The standard InChI is InChI=1S/C14H22N2O/c1-11(15)10-16(2)7-5-12-3-4-14-13(9-12)6-8-17-14/h3-4,9,11H,5-8,10,15H2,1-2H3. The van der Waals surface area contributed by atoms with Crippen molar-refractivity contribution in [3.8, 4) is 5.75 Å². The van der Waals surface area contributed by atoms with Crippen LogP contribution in [0.5, 0.6) is 5.75 Å². The van der Waals surface area contributed by atoms with Crippen molar-refractivity contribution < 1.29 is 4.74 Å². The number of fused-ring (bicyclic) bond motifs is 1. The normalized spacial score (nSPS) is 15.8. The molecule has 1 aliphatic heterocycles. The first-order valence-electron chi connectivity index (χ1n) is 6.34. The van der Waals surface area contributed by atoms with Crippen LogP contribution in [0.2, 0.25) is 0 Å². The van der Waals surface area contributed by atoms with Crippen molar-refractivity contribution in [2.24, 2.45) is 5.73 Å². The molecule has 1 heterocycles. The first-order chi connectivity index (χ1) is 8.15. The molecular formula is C14H22N2O. The third kappa shape index (κ3) is 3.45. The Bertz CT molecular complexity index is 376. The quantitative estimate of drug-likeness (QED) is 0.838. The van der Waals surface area contributed by atoms with Gasteiger partial charge in [-0.2, -0.15) is 0 Å². The highest BCUT2D eigenvalue weighted by atomic mass is 16.5. The molecule has 1 atom stereocenters. The second-order valence-corrected chi connectivity index (χ2v) is 5.03. The molecule has 0 aliphatic carbocycles. The first-order valence-corrected chi connectivity index (χ1v) is 6.34. The van der Waals surface area contributed by atoms with Crippen LogP contribution >= 0.6 is 0 Å². The molecule has 0 fully saturated rings. The van der Waals surface area contributed by atoms with Gasteiger partial charge in [-0.15, -0.1) is 0 Å². The van der Waals surface area contributed by atoms with Crippen LogP contribution in [0.25, 0.3) is 0 Å². The van der Waals surface area contributed by atoms with Crippen molar-refractivity contribution >= 4 is 0 Å². The SMILES string of the molecule is CC(N)CN(C)CCc1ccc2c(c1)CCO2. The molecule has 0 bridgehead atoms. The van der Waals surface area contributed by atoms with Crippen molar-refractivity contribution in [3.63, 3.8) is 0 Å². The Morgan fingerprint density at radius 1 is 1.47 bits per heavy atom. The molecule has 1 aliphatic rings. The lowest BCUT2D eigenvalue weighted by molar-refractivity contribution is 0.321. The van der Waals surface area contributed by atoms with E-state index < -0.39 is 0 Å². The molecule has 0 saturated carbocycles.